The molecular formula is C15H17ClN2O2. The number of halogens is 1. The Morgan fingerprint density at radius 2 is 2.00 bits per heavy atom. The lowest BCUT2D eigenvalue weighted by molar-refractivity contribution is 0.128. The fourth-order valence-electron chi connectivity index (χ4n) is 1.70. The van der Waals surface area contributed by atoms with Gasteiger partial charge in [0.1, 0.15) is 17.5 Å². The number of ether oxygens (including phenoxy) is 2. The lowest BCUT2D eigenvalue weighted by atomic mass is 10.1. The molecule has 0 fully saturated rings. The fraction of sp³-hybridized carbons (Fsp3) is 0.333. The molecule has 1 aromatic heterocycles. The highest BCUT2D eigenvalue weighted by Crippen LogP contribution is 2.26. The predicted molar refractivity (Wildman–Crippen MR) is 78.4 cm³/mol. The van der Waals surface area contributed by atoms with Crippen molar-refractivity contribution >= 4 is 11.6 Å². The summed E-state index contributed by atoms with van der Waals surface area (Å²) in [4.78, 5) is 8.40. The van der Waals surface area contributed by atoms with E-state index < -0.39 is 0 Å². The SMILES string of the molecule is CCOCc1nc(Cl)cc(Oc2cccc(C)c2C)n1. The lowest BCUT2D eigenvalue weighted by Crippen LogP contribution is -2.01. The highest BCUT2D eigenvalue weighted by molar-refractivity contribution is 6.29. The molecule has 2 aromatic rings. The van der Waals surface area contributed by atoms with Crippen LogP contribution >= 0.6 is 11.6 Å². The Morgan fingerprint density at radius 1 is 1.20 bits per heavy atom. The van der Waals surface area contributed by atoms with E-state index in [9.17, 15) is 0 Å². The Hall–Kier alpha value is -1.65. The second-order valence-corrected chi connectivity index (χ2v) is 4.77. The van der Waals surface area contributed by atoms with Crippen LogP contribution < -0.4 is 4.74 Å². The second-order valence-electron chi connectivity index (χ2n) is 4.38. The summed E-state index contributed by atoms with van der Waals surface area (Å²) in [7, 11) is 0. The molecule has 0 bridgehead atoms. The van der Waals surface area contributed by atoms with Crippen LogP contribution in [0.15, 0.2) is 24.3 Å². The molecule has 0 saturated heterocycles. The monoisotopic (exact) mass is 292 g/mol. The van der Waals surface area contributed by atoms with Crippen LogP contribution in [-0.4, -0.2) is 16.6 Å². The summed E-state index contributed by atoms with van der Waals surface area (Å²) in [6, 6.07) is 7.48. The van der Waals surface area contributed by atoms with Crippen molar-refractivity contribution in [3.8, 4) is 11.6 Å². The van der Waals surface area contributed by atoms with E-state index in [1.807, 2.05) is 39.0 Å². The Morgan fingerprint density at radius 3 is 2.75 bits per heavy atom. The quantitative estimate of drug-likeness (QED) is 0.779. The molecule has 1 heterocycles. The summed E-state index contributed by atoms with van der Waals surface area (Å²) in [6.07, 6.45) is 0. The molecule has 0 amide bonds. The first-order chi connectivity index (χ1) is 9.60. The minimum atomic E-state index is 0.320. The summed E-state index contributed by atoms with van der Waals surface area (Å²) < 4.78 is 11.1. The van der Waals surface area contributed by atoms with E-state index >= 15 is 0 Å². The number of benzene rings is 1. The van der Waals surface area contributed by atoms with Gasteiger partial charge in [0.15, 0.2) is 5.82 Å². The van der Waals surface area contributed by atoms with Crippen molar-refractivity contribution in [1.29, 1.82) is 0 Å². The van der Waals surface area contributed by atoms with Crippen LogP contribution in [0.2, 0.25) is 5.15 Å². The van der Waals surface area contributed by atoms with Gasteiger partial charge in [0.25, 0.3) is 0 Å². The number of aromatic nitrogens is 2. The minimum absolute atomic E-state index is 0.320. The molecule has 0 aliphatic carbocycles. The smallest absolute Gasteiger partial charge is 0.224 e. The summed E-state index contributed by atoms with van der Waals surface area (Å²) >= 11 is 5.98. The molecule has 0 unspecified atom stereocenters. The summed E-state index contributed by atoms with van der Waals surface area (Å²) in [6.45, 7) is 6.88. The first-order valence-corrected chi connectivity index (χ1v) is 6.83. The summed E-state index contributed by atoms with van der Waals surface area (Å²) in [5, 5.41) is 0.343. The van der Waals surface area contributed by atoms with Gasteiger partial charge < -0.3 is 9.47 Å². The number of rotatable bonds is 5. The normalized spacial score (nSPS) is 10.6. The maximum absolute atomic E-state index is 5.98. The van der Waals surface area contributed by atoms with E-state index in [1.165, 1.54) is 0 Å². The van der Waals surface area contributed by atoms with E-state index in [-0.39, 0.29) is 0 Å². The zero-order valence-electron chi connectivity index (χ0n) is 11.8. The van der Waals surface area contributed by atoms with Gasteiger partial charge >= 0.3 is 0 Å². The van der Waals surface area contributed by atoms with Gasteiger partial charge in [-0.2, -0.15) is 4.98 Å². The third-order valence-corrected chi connectivity index (χ3v) is 3.12. The first-order valence-electron chi connectivity index (χ1n) is 6.45. The van der Waals surface area contributed by atoms with Crippen molar-refractivity contribution in [2.24, 2.45) is 0 Å². The summed E-state index contributed by atoms with van der Waals surface area (Å²) in [5.74, 6) is 1.70. The molecule has 0 atom stereocenters. The van der Waals surface area contributed by atoms with Crippen molar-refractivity contribution in [2.45, 2.75) is 27.4 Å². The molecule has 20 heavy (non-hydrogen) atoms. The maximum Gasteiger partial charge on any atom is 0.224 e. The number of nitrogens with zero attached hydrogens (tertiary/aromatic N) is 2. The van der Waals surface area contributed by atoms with Crippen LogP contribution in [0.4, 0.5) is 0 Å². The molecule has 1 aromatic carbocycles. The van der Waals surface area contributed by atoms with Crippen molar-refractivity contribution < 1.29 is 9.47 Å². The van der Waals surface area contributed by atoms with Gasteiger partial charge in [0, 0.05) is 12.7 Å². The van der Waals surface area contributed by atoms with Crippen LogP contribution in [-0.2, 0) is 11.3 Å². The van der Waals surface area contributed by atoms with Gasteiger partial charge in [-0.1, -0.05) is 23.7 Å². The topological polar surface area (TPSA) is 44.2 Å². The third kappa shape index (κ3) is 3.68. The van der Waals surface area contributed by atoms with Crippen LogP contribution in [0.5, 0.6) is 11.6 Å². The van der Waals surface area contributed by atoms with Gasteiger partial charge in [0.05, 0.1) is 0 Å². The van der Waals surface area contributed by atoms with Crippen LogP contribution in [0.25, 0.3) is 0 Å². The molecule has 4 nitrogen and oxygen atoms in total. The Labute approximate surface area is 123 Å². The van der Waals surface area contributed by atoms with Gasteiger partial charge in [0.2, 0.25) is 5.88 Å². The lowest BCUT2D eigenvalue weighted by Gasteiger charge is -2.10. The molecule has 106 valence electrons. The van der Waals surface area contributed by atoms with E-state index in [0.717, 1.165) is 16.9 Å². The molecule has 0 aliphatic rings. The second kappa shape index (κ2) is 6.68. The van der Waals surface area contributed by atoms with Crippen molar-refractivity contribution in [3.63, 3.8) is 0 Å². The van der Waals surface area contributed by atoms with E-state index in [2.05, 4.69) is 9.97 Å². The molecule has 0 radical (unpaired) electrons. The number of hydrogen-bond donors (Lipinski definition) is 0. The molecule has 0 spiro atoms. The van der Waals surface area contributed by atoms with Crippen LogP contribution in [0.3, 0.4) is 0 Å². The van der Waals surface area contributed by atoms with Gasteiger partial charge in [-0.15, -0.1) is 0 Å². The average Bonchev–Trinajstić information content (AvgIpc) is 2.41. The van der Waals surface area contributed by atoms with Crippen molar-refractivity contribution in [2.75, 3.05) is 6.61 Å². The van der Waals surface area contributed by atoms with Crippen molar-refractivity contribution in [3.05, 3.63) is 46.4 Å². The predicted octanol–water partition coefficient (Wildman–Crippen LogP) is 4.08. The molecule has 0 aliphatic heterocycles. The Kier molecular flexibility index (Phi) is 4.93. The molecule has 0 saturated carbocycles. The number of hydrogen-bond acceptors (Lipinski definition) is 4. The van der Waals surface area contributed by atoms with E-state index in [4.69, 9.17) is 21.1 Å². The van der Waals surface area contributed by atoms with Crippen LogP contribution in [0.1, 0.15) is 23.9 Å². The van der Waals surface area contributed by atoms with Crippen LogP contribution in [0, 0.1) is 13.8 Å². The molecule has 2 rings (SSSR count). The molecular weight excluding hydrogens is 276 g/mol. The highest BCUT2D eigenvalue weighted by atomic mass is 35.5. The Balaban J connectivity index is 2.24. The third-order valence-electron chi connectivity index (χ3n) is 2.92. The standard InChI is InChI=1S/C15H17ClN2O2/c1-4-19-9-14-17-13(16)8-15(18-14)20-12-7-5-6-10(2)11(12)3/h5-8H,4,9H2,1-3H3. The van der Waals surface area contributed by atoms with E-state index in [1.54, 1.807) is 6.07 Å². The zero-order chi connectivity index (χ0) is 14.5. The van der Waals surface area contributed by atoms with E-state index in [0.29, 0.717) is 30.1 Å². The minimum Gasteiger partial charge on any atom is -0.439 e. The molecule has 5 heteroatoms. The maximum atomic E-state index is 5.98. The van der Waals surface area contributed by atoms with Gasteiger partial charge in [-0.25, -0.2) is 4.98 Å². The fourth-order valence-corrected chi connectivity index (χ4v) is 1.89. The first kappa shape index (κ1) is 14.8. The summed E-state index contributed by atoms with van der Waals surface area (Å²) in [5.41, 5.74) is 2.24. The zero-order valence-corrected chi connectivity index (χ0v) is 12.6. The largest absolute Gasteiger partial charge is 0.439 e. The van der Waals surface area contributed by atoms with Gasteiger partial charge in [-0.05, 0) is 38.0 Å². The Bertz CT molecular complexity index is 602. The average molecular weight is 293 g/mol. The molecule has 0 N–H and O–H groups in total. The highest BCUT2D eigenvalue weighted by Gasteiger charge is 2.08. The van der Waals surface area contributed by atoms with Crippen molar-refractivity contribution in [1.82, 2.24) is 9.97 Å². The number of aryl methyl sites for hydroxylation is 1. The van der Waals surface area contributed by atoms with Gasteiger partial charge in [-0.3, -0.25) is 0 Å².